The fourth-order valence-electron chi connectivity index (χ4n) is 9.37. The van der Waals surface area contributed by atoms with E-state index in [1.54, 1.807) is 0 Å². The Balaban J connectivity index is 0.946. The second-order valence-electron chi connectivity index (χ2n) is 15.7. The standard InChI is InChI=1S/C58H38N2O/c1-2-13-41(14-3-1)47-20-10-15-43-16-11-21-48(57(43)47)42-31-37-45(38-32-42)59(55-25-12-22-52-51-19-6-9-26-56(51)61-58(52)55)44-33-27-39(28-34-44)40-29-35-46(36-30-40)60-53-23-7-4-17-49(53)50-18-5-8-24-54(50)60/h1-38H. The number of anilines is 3. The lowest BCUT2D eigenvalue weighted by molar-refractivity contribution is 0.669. The van der Waals surface area contributed by atoms with Crippen LogP contribution < -0.4 is 4.90 Å². The van der Waals surface area contributed by atoms with Crippen LogP contribution in [-0.2, 0) is 0 Å². The van der Waals surface area contributed by atoms with Crippen LogP contribution in [0.4, 0.5) is 17.1 Å². The van der Waals surface area contributed by atoms with E-state index in [4.69, 9.17) is 4.42 Å². The highest BCUT2D eigenvalue weighted by atomic mass is 16.3. The third-order valence-corrected chi connectivity index (χ3v) is 12.2. The molecule has 0 unspecified atom stereocenters. The Morgan fingerprint density at radius 3 is 1.48 bits per heavy atom. The Hall–Kier alpha value is -8.14. The summed E-state index contributed by atoms with van der Waals surface area (Å²) in [5.41, 5.74) is 15.5. The van der Waals surface area contributed by atoms with Gasteiger partial charge in [-0.25, -0.2) is 0 Å². The summed E-state index contributed by atoms with van der Waals surface area (Å²) in [6.45, 7) is 0. The minimum atomic E-state index is 0.860. The SMILES string of the molecule is c1ccc(-c2cccc3cccc(-c4ccc(N(c5ccc(-c6ccc(-n7c8ccccc8c8ccccc87)cc6)cc5)c5cccc6c5oc5ccccc56)cc4)c23)cc1. The van der Waals surface area contributed by atoms with Gasteiger partial charge in [0.15, 0.2) is 5.58 Å². The van der Waals surface area contributed by atoms with Gasteiger partial charge in [0, 0.05) is 38.6 Å². The van der Waals surface area contributed by atoms with E-state index in [-0.39, 0.29) is 0 Å². The molecule has 0 spiro atoms. The molecular formula is C58H38N2O. The fraction of sp³-hybridized carbons (Fsp3) is 0. The molecular weight excluding hydrogens is 741 g/mol. The van der Waals surface area contributed by atoms with Gasteiger partial charge in [0.25, 0.3) is 0 Å². The van der Waals surface area contributed by atoms with E-state index < -0.39 is 0 Å². The molecule has 0 aliphatic carbocycles. The molecule has 2 heterocycles. The molecule has 2 aromatic heterocycles. The van der Waals surface area contributed by atoms with Crippen LogP contribution in [0.15, 0.2) is 235 Å². The Morgan fingerprint density at radius 2 is 0.836 bits per heavy atom. The van der Waals surface area contributed by atoms with Gasteiger partial charge >= 0.3 is 0 Å². The number of aromatic nitrogens is 1. The minimum Gasteiger partial charge on any atom is -0.454 e. The summed E-state index contributed by atoms with van der Waals surface area (Å²) in [4.78, 5) is 2.32. The molecule has 3 heteroatoms. The number of rotatable bonds is 7. The van der Waals surface area contributed by atoms with Gasteiger partial charge in [0.05, 0.1) is 16.7 Å². The average Bonchev–Trinajstić information content (AvgIpc) is 3.89. The number of benzene rings is 10. The highest BCUT2D eigenvalue weighted by Crippen LogP contribution is 2.44. The lowest BCUT2D eigenvalue weighted by atomic mass is 9.91. The first-order valence-electron chi connectivity index (χ1n) is 20.8. The van der Waals surface area contributed by atoms with E-state index in [9.17, 15) is 0 Å². The molecule has 286 valence electrons. The maximum Gasteiger partial charge on any atom is 0.159 e. The normalized spacial score (nSPS) is 11.6. The predicted molar refractivity (Wildman–Crippen MR) is 257 cm³/mol. The number of furan rings is 1. The van der Waals surface area contributed by atoms with Crippen molar-refractivity contribution in [2.45, 2.75) is 0 Å². The molecule has 0 saturated carbocycles. The van der Waals surface area contributed by atoms with Gasteiger partial charge in [0.1, 0.15) is 5.58 Å². The van der Waals surface area contributed by atoms with E-state index in [1.165, 1.54) is 54.8 Å². The van der Waals surface area contributed by atoms with Crippen LogP contribution in [0.3, 0.4) is 0 Å². The summed E-state index contributed by atoms with van der Waals surface area (Å²) in [5, 5.41) is 7.22. The molecule has 61 heavy (non-hydrogen) atoms. The molecule has 0 fully saturated rings. The predicted octanol–water partition coefficient (Wildman–Crippen LogP) is 16.3. The summed E-state index contributed by atoms with van der Waals surface area (Å²) in [6.07, 6.45) is 0. The lowest BCUT2D eigenvalue weighted by Gasteiger charge is -2.26. The molecule has 12 rings (SSSR count). The maximum absolute atomic E-state index is 6.65. The van der Waals surface area contributed by atoms with Gasteiger partial charge in [-0.1, -0.05) is 170 Å². The third-order valence-electron chi connectivity index (χ3n) is 12.2. The summed E-state index contributed by atoms with van der Waals surface area (Å²) < 4.78 is 9.01. The van der Waals surface area contributed by atoms with E-state index in [0.717, 1.165) is 55.8 Å². The van der Waals surface area contributed by atoms with E-state index in [0.29, 0.717) is 0 Å². The molecule has 0 radical (unpaired) electrons. The fourth-order valence-corrected chi connectivity index (χ4v) is 9.37. The quantitative estimate of drug-likeness (QED) is 0.161. The Kier molecular flexibility index (Phi) is 8.17. The van der Waals surface area contributed by atoms with Crippen molar-refractivity contribution in [2.75, 3.05) is 4.90 Å². The van der Waals surface area contributed by atoms with Crippen LogP contribution in [0.1, 0.15) is 0 Å². The van der Waals surface area contributed by atoms with Crippen LogP contribution in [0.25, 0.3) is 93.6 Å². The Morgan fingerprint density at radius 1 is 0.344 bits per heavy atom. The molecule has 0 N–H and O–H groups in total. The number of hydrogen-bond acceptors (Lipinski definition) is 2. The minimum absolute atomic E-state index is 0.860. The van der Waals surface area contributed by atoms with Crippen molar-refractivity contribution in [2.24, 2.45) is 0 Å². The van der Waals surface area contributed by atoms with Crippen LogP contribution in [-0.4, -0.2) is 4.57 Å². The molecule has 0 aliphatic heterocycles. The molecule has 0 bridgehead atoms. The van der Waals surface area contributed by atoms with Crippen molar-refractivity contribution in [3.63, 3.8) is 0 Å². The van der Waals surface area contributed by atoms with Crippen LogP contribution in [0.5, 0.6) is 0 Å². The largest absolute Gasteiger partial charge is 0.454 e. The first-order chi connectivity index (χ1) is 30.3. The van der Waals surface area contributed by atoms with Gasteiger partial charge in [0.2, 0.25) is 0 Å². The molecule has 10 aromatic carbocycles. The summed E-state index contributed by atoms with van der Waals surface area (Å²) in [7, 11) is 0. The number of para-hydroxylation sites is 4. The van der Waals surface area contributed by atoms with Crippen molar-refractivity contribution < 1.29 is 4.42 Å². The van der Waals surface area contributed by atoms with Crippen LogP contribution in [0, 0.1) is 0 Å². The van der Waals surface area contributed by atoms with Crippen molar-refractivity contribution in [3.05, 3.63) is 231 Å². The second-order valence-corrected chi connectivity index (χ2v) is 15.7. The lowest BCUT2D eigenvalue weighted by Crippen LogP contribution is -2.10. The Bertz CT molecular complexity index is 3500. The average molecular weight is 779 g/mol. The molecule has 0 aliphatic rings. The molecule has 0 saturated heterocycles. The zero-order valence-electron chi connectivity index (χ0n) is 33.2. The summed E-state index contributed by atoms with van der Waals surface area (Å²) in [6, 6.07) is 82.8. The van der Waals surface area contributed by atoms with Crippen molar-refractivity contribution in [1.82, 2.24) is 4.57 Å². The number of fused-ring (bicyclic) bond motifs is 7. The molecule has 3 nitrogen and oxygen atoms in total. The molecule has 0 atom stereocenters. The van der Waals surface area contributed by atoms with Crippen molar-refractivity contribution in [3.8, 4) is 39.1 Å². The first-order valence-corrected chi connectivity index (χ1v) is 20.8. The molecule has 0 amide bonds. The zero-order chi connectivity index (χ0) is 40.3. The van der Waals surface area contributed by atoms with Gasteiger partial charge in [-0.2, -0.15) is 0 Å². The van der Waals surface area contributed by atoms with E-state index >= 15 is 0 Å². The van der Waals surface area contributed by atoms with E-state index in [2.05, 4.69) is 228 Å². The topological polar surface area (TPSA) is 21.3 Å². The van der Waals surface area contributed by atoms with Gasteiger partial charge < -0.3 is 13.9 Å². The maximum atomic E-state index is 6.65. The summed E-state index contributed by atoms with van der Waals surface area (Å²) >= 11 is 0. The van der Waals surface area contributed by atoms with E-state index in [1.807, 2.05) is 12.1 Å². The highest BCUT2D eigenvalue weighted by molar-refractivity contribution is 6.11. The highest BCUT2D eigenvalue weighted by Gasteiger charge is 2.20. The van der Waals surface area contributed by atoms with Crippen LogP contribution in [0.2, 0.25) is 0 Å². The monoisotopic (exact) mass is 778 g/mol. The van der Waals surface area contributed by atoms with Gasteiger partial charge in [-0.05, 0) is 105 Å². The van der Waals surface area contributed by atoms with Gasteiger partial charge in [-0.15, -0.1) is 0 Å². The van der Waals surface area contributed by atoms with Crippen molar-refractivity contribution in [1.29, 1.82) is 0 Å². The third kappa shape index (κ3) is 5.82. The summed E-state index contributed by atoms with van der Waals surface area (Å²) in [5.74, 6) is 0. The smallest absolute Gasteiger partial charge is 0.159 e. The first kappa shape index (κ1) is 34.9. The Labute approximate surface area is 353 Å². The molecule has 12 aromatic rings. The second kappa shape index (κ2) is 14.3. The number of hydrogen-bond donors (Lipinski definition) is 0. The zero-order valence-corrected chi connectivity index (χ0v) is 33.2. The van der Waals surface area contributed by atoms with Crippen LogP contribution >= 0.6 is 0 Å². The number of nitrogens with zero attached hydrogens (tertiary/aromatic N) is 2. The van der Waals surface area contributed by atoms with Crippen molar-refractivity contribution >= 4 is 71.6 Å². The van der Waals surface area contributed by atoms with Gasteiger partial charge in [-0.3, -0.25) is 0 Å².